The van der Waals surface area contributed by atoms with Crippen LogP contribution >= 0.6 is 15.9 Å². The van der Waals surface area contributed by atoms with Crippen molar-refractivity contribution in [3.63, 3.8) is 0 Å². The first-order chi connectivity index (χ1) is 10.2. The third-order valence-corrected chi connectivity index (χ3v) is 3.66. The topological polar surface area (TPSA) is 78.8 Å². The van der Waals surface area contributed by atoms with Gasteiger partial charge in [-0.05, 0) is 45.4 Å². The first-order valence-corrected chi connectivity index (χ1v) is 7.97. The lowest BCUT2D eigenvalue weighted by atomic mass is 9.99. The molecule has 5 nitrogen and oxygen atoms in total. The number of rotatable bonds is 4. The Morgan fingerprint density at radius 1 is 1.45 bits per heavy atom. The number of aromatic nitrogens is 2. The van der Waals surface area contributed by atoms with Crippen LogP contribution in [-0.2, 0) is 9.53 Å². The summed E-state index contributed by atoms with van der Waals surface area (Å²) in [5.41, 5.74) is 1.00. The van der Waals surface area contributed by atoms with E-state index in [2.05, 4.69) is 25.9 Å². The maximum absolute atomic E-state index is 12.1. The largest absolute Gasteiger partial charge is 0.455 e. The van der Waals surface area contributed by atoms with E-state index in [1.54, 1.807) is 20.8 Å². The lowest BCUT2D eigenvalue weighted by molar-refractivity contribution is -0.146. The molecule has 2 rings (SSSR count). The van der Waals surface area contributed by atoms with Crippen LogP contribution in [0.3, 0.4) is 0 Å². The van der Waals surface area contributed by atoms with Gasteiger partial charge in [-0.25, -0.2) is 9.78 Å². The molecule has 0 amide bonds. The van der Waals surface area contributed by atoms with Crippen molar-refractivity contribution in [3.05, 3.63) is 28.5 Å². The predicted octanol–water partition coefficient (Wildman–Crippen LogP) is 4.18. The molecule has 0 radical (unpaired) electrons. The van der Waals surface area contributed by atoms with Gasteiger partial charge >= 0.3 is 5.97 Å². The van der Waals surface area contributed by atoms with Crippen molar-refractivity contribution < 1.29 is 9.53 Å². The highest BCUT2D eigenvalue weighted by Gasteiger charge is 2.28. The van der Waals surface area contributed by atoms with Gasteiger partial charge < -0.3 is 9.72 Å². The molecule has 0 aliphatic heterocycles. The number of aromatic amines is 1. The van der Waals surface area contributed by atoms with Gasteiger partial charge in [0.1, 0.15) is 17.1 Å². The number of halogens is 1. The summed E-state index contributed by atoms with van der Waals surface area (Å²) in [5.74, 6) is -0.381. The highest BCUT2D eigenvalue weighted by atomic mass is 79.9. The summed E-state index contributed by atoms with van der Waals surface area (Å²) in [4.78, 5) is 19.8. The van der Waals surface area contributed by atoms with E-state index < -0.39 is 17.5 Å². The van der Waals surface area contributed by atoms with Gasteiger partial charge in [0.25, 0.3) is 0 Å². The van der Waals surface area contributed by atoms with Crippen LogP contribution in [0.2, 0.25) is 0 Å². The molecule has 1 aromatic carbocycles. The van der Waals surface area contributed by atoms with Crippen molar-refractivity contribution in [2.24, 2.45) is 0 Å². The fourth-order valence-electron chi connectivity index (χ4n) is 2.18. The summed E-state index contributed by atoms with van der Waals surface area (Å²) in [6.45, 7) is 7.29. The lowest BCUT2D eigenvalue weighted by Crippen LogP contribution is -2.31. The van der Waals surface area contributed by atoms with E-state index >= 15 is 0 Å². The Hall–Kier alpha value is -1.69. The summed E-state index contributed by atoms with van der Waals surface area (Å²) in [7, 11) is 0. The molecule has 22 heavy (non-hydrogen) atoms. The Bertz CT molecular complexity index is 716. The van der Waals surface area contributed by atoms with E-state index in [9.17, 15) is 4.79 Å². The van der Waals surface area contributed by atoms with Crippen LogP contribution in [0.5, 0.6) is 0 Å². The smallest absolute Gasteiger partial charge is 0.353 e. The Labute approximate surface area is 138 Å². The van der Waals surface area contributed by atoms with Gasteiger partial charge in [0, 0.05) is 4.47 Å². The van der Waals surface area contributed by atoms with E-state index in [4.69, 9.17) is 10.1 Å². The average Bonchev–Trinajstić information content (AvgIpc) is 2.79. The predicted molar refractivity (Wildman–Crippen MR) is 90.4 cm³/mol. The molecule has 1 heterocycles. The van der Waals surface area contributed by atoms with Crippen molar-refractivity contribution in [2.75, 3.05) is 0 Å². The Morgan fingerprint density at radius 2 is 2.14 bits per heavy atom. The number of carbonyl (C=O) groups excluding carboxylic acids is 1. The number of nitrogens with zero attached hydrogens (tertiary/aromatic N) is 1. The van der Waals surface area contributed by atoms with Crippen molar-refractivity contribution >= 4 is 38.6 Å². The van der Waals surface area contributed by atoms with Gasteiger partial charge in [-0.2, -0.15) is 0 Å². The molecule has 6 heteroatoms. The van der Waals surface area contributed by atoms with Gasteiger partial charge in [-0.1, -0.05) is 22.9 Å². The minimum Gasteiger partial charge on any atom is -0.455 e. The second-order valence-electron chi connectivity index (χ2n) is 6.16. The Kier molecular flexibility index (Phi) is 4.70. The lowest BCUT2D eigenvalue weighted by Gasteiger charge is -2.21. The third kappa shape index (κ3) is 3.74. The first kappa shape index (κ1) is 16.7. The molecule has 0 bridgehead atoms. The van der Waals surface area contributed by atoms with Crippen molar-refractivity contribution in [1.29, 1.82) is 5.41 Å². The van der Waals surface area contributed by atoms with Crippen molar-refractivity contribution in [3.8, 4) is 0 Å². The minimum absolute atomic E-state index is 0.0736. The van der Waals surface area contributed by atoms with Crippen LogP contribution in [0.1, 0.15) is 45.9 Å². The normalized spacial score (nSPS) is 13.1. The van der Waals surface area contributed by atoms with E-state index in [0.717, 1.165) is 15.5 Å². The number of imidazole rings is 1. The number of H-pyrrole nitrogens is 1. The monoisotopic (exact) mass is 365 g/mol. The standard InChI is InChI=1S/C16H20BrN3O2/c1-5-10(13(18)15(21)22-16(2,3)4)14-19-11-7-6-9(17)8-12(11)20-14/h6-8,10,18H,5H2,1-4H3,(H,19,20). The van der Waals surface area contributed by atoms with E-state index in [0.29, 0.717) is 12.2 Å². The minimum atomic E-state index is -0.611. The number of fused-ring (bicyclic) bond motifs is 1. The summed E-state index contributed by atoms with van der Waals surface area (Å²) in [6.07, 6.45) is 0.596. The van der Waals surface area contributed by atoms with Gasteiger partial charge in [-0.15, -0.1) is 0 Å². The molecular formula is C16H20BrN3O2. The number of benzene rings is 1. The molecule has 1 atom stereocenters. The SMILES string of the molecule is CCC(C(=N)C(=O)OC(C)(C)C)c1nc2ccc(Br)cc2[nH]1. The highest BCUT2D eigenvalue weighted by molar-refractivity contribution is 9.10. The zero-order chi connectivity index (χ0) is 16.5. The van der Waals surface area contributed by atoms with Crippen LogP contribution in [0.15, 0.2) is 22.7 Å². The molecule has 118 valence electrons. The Balaban J connectivity index is 2.29. The zero-order valence-corrected chi connectivity index (χ0v) is 14.7. The molecule has 1 aromatic heterocycles. The number of carbonyl (C=O) groups is 1. The third-order valence-electron chi connectivity index (χ3n) is 3.17. The maximum Gasteiger partial charge on any atom is 0.353 e. The van der Waals surface area contributed by atoms with Gasteiger partial charge in [0.2, 0.25) is 0 Å². The van der Waals surface area contributed by atoms with Crippen LogP contribution in [-0.4, -0.2) is 27.2 Å². The quantitative estimate of drug-likeness (QED) is 0.629. The van der Waals surface area contributed by atoms with E-state index in [1.807, 2.05) is 25.1 Å². The maximum atomic E-state index is 12.1. The summed E-state index contributed by atoms with van der Waals surface area (Å²) in [6, 6.07) is 5.73. The number of ether oxygens (including phenoxy) is 1. The molecule has 1 unspecified atom stereocenters. The van der Waals surface area contributed by atoms with Gasteiger partial charge in [-0.3, -0.25) is 5.41 Å². The van der Waals surface area contributed by atoms with Crippen LogP contribution in [0.25, 0.3) is 11.0 Å². The second kappa shape index (κ2) is 6.20. The number of hydrogen-bond donors (Lipinski definition) is 2. The second-order valence-corrected chi connectivity index (χ2v) is 7.08. The molecular weight excluding hydrogens is 346 g/mol. The molecule has 0 saturated heterocycles. The van der Waals surface area contributed by atoms with Crippen LogP contribution in [0.4, 0.5) is 0 Å². The van der Waals surface area contributed by atoms with Crippen LogP contribution in [0, 0.1) is 5.41 Å². The molecule has 0 aliphatic carbocycles. The first-order valence-electron chi connectivity index (χ1n) is 7.18. The zero-order valence-electron chi connectivity index (χ0n) is 13.2. The fraction of sp³-hybridized carbons (Fsp3) is 0.438. The van der Waals surface area contributed by atoms with Crippen molar-refractivity contribution in [2.45, 2.75) is 45.6 Å². The summed E-state index contributed by atoms with van der Waals surface area (Å²) in [5, 5.41) is 8.14. The van der Waals surface area contributed by atoms with Gasteiger partial charge in [0.05, 0.1) is 17.0 Å². The fourth-order valence-corrected chi connectivity index (χ4v) is 2.54. The molecule has 2 N–H and O–H groups in total. The summed E-state index contributed by atoms with van der Waals surface area (Å²) >= 11 is 3.42. The van der Waals surface area contributed by atoms with Crippen LogP contribution < -0.4 is 0 Å². The molecule has 0 fully saturated rings. The summed E-state index contributed by atoms with van der Waals surface area (Å²) < 4.78 is 6.23. The molecule has 0 aliphatic rings. The Morgan fingerprint density at radius 3 is 2.73 bits per heavy atom. The van der Waals surface area contributed by atoms with E-state index in [-0.39, 0.29) is 5.71 Å². The number of nitrogens with one attached hydrogen (secondary N) is 2. The molecule has 2 aromatic rings. The van der Waals surface area contributed by atoms with Gasteiger partial charge in [0.15, 0.2) is 0 Å². The molecule has 0 saturated carbocycles. The van der Waals surface area contributed by atoms with E-state index in [1.165, 1.54) is 0 Å². The highest BCUT2D eigenvalue weighted by Crippen LogP contribution is 2.24. The average molecular weight is 366 g/mol. The molecule has 0 spiro atoms. The number of esters is 1. The number of hydrogen-bond acceptors (Lipinski definition) is 4. The van der Waals surface area contributed by atoms with Crippen molar-refractivity contribution in [1.82, 2.24) is 9.97 Å².